The molecule has 0 N–H and O–H groups in total. The summed E-state index contributed by atoms with van der Waals surface area (Å²) < 4.78 is 47.3. The van der Waals surface area contributed by atoms with Crippen LogP contribution in [0.25, 0.3) is 17.1 Å². The van der Waals surface area contributed by atoms with E-state index in [0.717, 1.165) is 34.4 Å². The number of methoxy groups -OCH3 is 1. The fourth-order valence-electron chi connectivity index (χ4n) is 3.80. The van der Waals surface area contributed by atoms with Gasteiger partial charge in [-0.3, -0.25) is 9.67 Å². The molecule has 0 saturated heterocycles. The molecule has 33 heavy (non-hydrogen) atoms. The topological polar surface area (TPSA) is 83.5 Å². The van der Waals surface area contributed by atoms with Gasteiger partial charge in [-0.15, -0.1) is 0 Å². The van der Waals surface area contributed by atoms with Crippen LogP contribution >= 0.6 is 0 Å². The second-order valence-corrected chi connectivity index (χ2v) is 7.63. The molecule has 0 aliphatic carbocycles. The zero-order valence-corrected chi connectivity index (χ0v) is 18.8. The third-order valence-electron chi connectivity index (χ3n) is 5.46. The van der Waals surface area contributed by atoms with Gasteiger partial charge in [-0.25, -0.2) is 14.6 Å². The van der Waals surface area contributed by atoms with E-state index in [4.69, 9.17) is 4.74 Å². The predicted octanol–water partition coefficient (Wildman–Crippen LogP) is 4.00. The number of rotatable bonds is 5. The maximum atomic E-state index is 12.8. The van der Waals surface area contributed by atoms with Crippen molar-refractivity contribution in [3.63, 3.8) is 0 Å². The maximum absolute atomic E-state index is 12.8. The third-order valence-corrected chi connectivity index (χ3v) is 5.46. The van der Waals surface area contributed by atoms with Gasteiger partial charge < -0.3 is 4.74 Å². The molecule has 0 aliphatic heterocycles. The molecule has 0 fully saturated rings. The van der Waals surface area contributed by atoms with E-state index in [-0.39, 0.29) is 0 Å². The molecule has 8 nitrogen and oxygen atoms in total. The van der Waals surface area contributed by atoms with Gasteiger partial charge in [0.05, 0.1) is 24.2 Å². The minimum atomic E-state index is -4.48. The van der Waals surface area contributed by atoms with Crippen molar-refractivity contribution < 1.29 is 17.9 Å². The van der Waals surface area contributed by atoms with Crippen LogP contribution in [0.15, 0.2) is 30.7 Å². The van der Waals surface area contributed by atoms with Gasteiger partial charge in [0, 0.05) is 37.0 Å². The molecule has 0 saturated carbocycles. The third kappa shape index (κ3) is 4.18. The van der Waals surface area contributed by atoms with Gasteiger partial charge in [0.25, 0.3) is 0 Å². The molecular weight excluding hydrogens is 435 g/mol. The molecule has 0 spiro atoms. The largest absolute Gasteiger partial charge is 0.493 e. The Morgan fingerprint density at radius 2 is 1.79 bits per heavy atom. The van der Waals surface area contributed by atoms with Crippen molar-refractivity contribution in [2.24, 2.45) is 7.05 Å². The van der Waals surface area contributed by atoms with Crippen molar-refractivity contribution in [1.82, 2.24) is 34.5 Å². The molecule has 0 bridgehead atoms. The minimum absolute atomic E-state index is 0.454. The first-order valence-electron chi connectivity index (χ1n) is 10.1. The second-order valence-electron chi connectivity index (χ2n) is 7.63. The van der Waals surface area contributed by atoms with Gasteiger partial charge in [0.2, 0.25) is 0 Å². The summed E-state index contributed by atoms with van der Waals surface area (Å²) in [6, 6.07) is 4.18. The first-order chi connectivity index (χ1) is 15.6. The van der Waals surface area contributed by atoms with Gasteiger partial charge >= 0.3 is 6.18 Å². The number of halogens is 3. The van der Waals surface area contributed by atoms with E-state index in [2.05, 4.69) is 25.1 Å². The quantitative estimate of drug-likeness (QED) is 0.451. The number of alkyl halides is 3. The van der Waals surface area contributed by atoms with Crippen molar-refractivity contribution in [2.45, 2.75) is 33.4 Å². The Bertz CT molecular complexity index is 1310. The van der Waals surface area contributed by atoms with Crippen molar-refractivity contribution in [3.05, 3.63) is 64.8 Å². The molecule has 0 unspecified atom stereocenters. The van der Waals surface area contributed by atoms with E-state index in [1.807, 2.05) is 26.8 Å². The van der Waals surface area contributed by atoms with Crippen LogP contribution in [0.3, 0.4) is 0 Å². The highest BCUT2D eigenvalue weighted by molar-refractivity contribution is 5.63. The van der Waals surface area contributed by atoms with Gasteiger partial charge in [0.15, 0.2) is 11.6 Å². The van der Waals surface area contributed by atoms with E-state index in [1.165, 1.54) is 18.6 Å². The Kier molecular flexibility index (Phi) is 5.64. The Morgan fingerprint density at radius 3 is 2.39 bits per heavy atom. The summed E-state index contributed by atoms with van der Waals surface area (Å²) in [6.45, 7) is 5.64. The molecule has 4 aromatic rings. The summed E-state index contributed by atoms with van der Waals surface area (Å²) in [4.78, 5) is 12.3. The minimum Gasteiger partial charge on any atom is -0.493 e. The van der Waals surface area contributed by atoms with Crippen LogP contribution in [0.4, 0.5) is 13.2 Å². The summed E-state index contributed by atoms with van der Waals surface area (Å²) in [5.74, 6) is 1.31. The number of pyridine rings is 1. The normalized spacial score (nSPS) is 11.8. The fraction of sp³-hybridized carbons (Fsp3) is 0.318. The lowest BCUT2D eigenvalue weighted by Gasteiger charge is -2.07. The Morgan fingerprint density at radius 1 is 1.03 bits per heavy atom. The number of hydrogen-bond donors (Lipinski definition) is 0. The van der Waals surface area contributed by atoms with E-state index in [9.17, 15) is 13.2 Å². The molecule has 4 aromatic heterocycles. The highest BCUT2D eigenvalue weighted by Crippen LogP contribution is 2.30. The molecule has 0 amide bonds. The van der Waals surface area contributed by atoms with Crippen molar-refractivity contribution in [1.29, 1.82) is 0 Å². The van der Waals surface area contributed by atoms with Gasteiger partial charge in [-0.1, -0.05) is 0 Å². The Labute approximate surface area is 188 Å². The summed E-state index contributed by atoms with van der Waals surface area (Å²) >= 11 is 0. The average Bonchev–Trinajstić information content (AvgIpc) is 3.22. The standard InChI is InChI=1S/C22H22F3N7O/c1-12-17(31(4)30-20(12)15-6-7-18(26-10-15)22(23,24)25)8-16-9-19(28-11-27-16)32-14(3)21(33-5)13(2)29-32/h6-7,9-11H,8H2,1-5H3. The smallest absolute Gasteiger partial charge is 0.433 e. The summed E-state index contributed by atoms with van der Waals surface area (Å²) in [5, 5.41) is 9.01. The monoisotopic (exact) mass is 457 g/mol. The predicted molar refractivity (Wildman–Crippen MR) is 114 cm³/mol. The lowest BCUT2D eigenvalue weighted by atomic mass is 10.1. The van der Waals surface area contributed by atoms with E-state index in [1.54, 1.807) is 23.5 Å². The zero-order valence-electron chi connectivity index (χ0n) is 18.8. The van der Waals surface area contributed by atoms with Crippen molar-refractivity contribution >= 4 is 0 Å². The first kappa shape index (κ1) is 22.4. The molecular formula is C22H22F3N7O. The number of aromatic nitrogens is 7. The maximum Gasteiger partial charge on any atom is 0.433 e. The highest BCUT2D eigenvalue weighted by Gasteiger charge is 2.32. The fourth-order valence-corrected chi connectivity index (χ4v) is 3.80. The lowest BCUT2D eigenvalue weighted by Crippen LogP contribution is -2.07. The van der Waals surface area contributed by atoms with Crippen LogP contribution in [0, 0.1) is 20.8 Å². The van der Waals surface area contributed by atoms with Crippen LogP contribution in [0.2, 0.25) is 0 Å². The van der Waals surface area contributed by atoms with Crippen LogP contribution < -0.4 is 4.74 Å². The summed E-state index contributed by atoms with van der Waals surface area (Å²) in [6.07, 6.45) is -1.36. The Hall–Kier alpha value is -3.76. The second kappa shape index (κ2) is 8.30. The number of aryl methyl sites for hydroxylation is 2. The van der Waals surface area contributed by atoms with E-state index >= 15 is 0 Å². The molecule has 4 rings (SSSR count). The van der Waals surface area contributed by atoms with Crippen molar-refractivity contribution in [3.8, 4) is 22.8 Å². The molecule has 0 atom stereocenters. The number of hydrogen-bond acceptors (Lipinski definition) is 6. The zero-order chi connectivity index (χ0) is 23.9. The molecule has 172 valence electrons. The molecule has 0 aliphatic rings. The van der Waals surface area contributed by atoms with Crippen LogP contribution in [0.1, 0.15) is 34.0 Å². The van der Waals surface area contributed by atoms with E-state index in [0.29, 0.717) is 29.2 Å². The van der Waals surface area contributed by atoms with E-state index < -0.39 is 11.9 Å². The lowest BCUT2D eigenvalue weighted by molar-refractivity contribution is -0.141. The number of nitrogens with zero attached hydrogens (tertiary/aromatic N) is 7. The van der Waals surface area contributed by atoms with Crippen LogP contribution in [-0.4, -0.2) is 41.6 Å². The SMILES string of the molecule is COc1c(C)nn(-c2cc(Cc3c(C)c(-c4ccc(C(F)(F)F)nc4)nn3C)ncn2)c1C. The molecule has 0 radical (unpaired) electrons. The molecule has 4 heterocycles. The van der Waals surface area contributed by atoms with Crippen LogP contribution in [-0.2, 0) is 19.6 Å². The van der Waals surface area contributed by atoms with Gasteiger partial charge in [-0.2, -0.15) is 23.4 Å². The Balaban J connectivity index is 1.65. The highest BCUT2D eigenvalue weighted by atomic mass is 19.4. The molecule has 0 aromatic carbocycles. The van der Waals surface area contributed by atoms with Crippen LogP contribution in [0.5, 0.6) is 5.75 Å². The first-order valence-corrected chi connectivity index (χ1v) is 10.1. The van der Waals surface area contributed by atoms with Gasteiger partial charge in [0.1, 0.15) is 17.7 Å². The van der Waals surface area contributed by atoms with Crippen molar-refractivity contribution in [2.75, 3.05) is 7.11 Å². The summed E-state index contributed by atoms with van der Waals surface area (Å²) in [7, 11) is 3.39. The summed E-state index contributed by atoms with van der Waals surface area (Å²) in [5.41, 5.74) is 4.20. The molecule has 11 heteroatoms. The number of ether oxygens (including phenoxy) is 1. The van der Waals surface area contributed by atoms with Gasteiger partial charge in [-0.05, 0) is 38.5 Å². The average molecular weight is 457 g/mol.